The van der Waals surface area contributed by atoms with Gasteiger partial charge in [-0.2, -0.15) is 4.98 Å². The number of aromatic nitrogens is 2. The summed E-state index contributed by atoms with van der Waals surface area (Å²) in [6.07, 6.45) is 2.63. The van der Waals surface area contributed by atoms with E-state index in [0.717, 1.165) is 19.6 Å². The SMILES string of the molecule is Clc1nccc(OC[C@H]2CCOC2)n1. The average molecular weight is 215 g/mol. The number of ether oxygens (including phenoxy) is 2. The van der Waals surface area contributed by atoms with Crippen LogP contribution in [0.25, 0.3) is 0 Å². The van der Waals surface area contributed by atoms with E-state index in [4.69, 9.17) is 21.1 Å². The highest BCUT2D eigenvalue weighted by Gasteiger charge is 2.16. The van der Waals surface area contributed by atoms with Gasteiger partial charge < -0.3 is 9.47 Å². The fourth-order valence-corrected chi connectivity index (χ4v) is 1.46. The minimum Gasteiger partial charge on any atom is -0.477 e. The summed E-state index contributed by atoms with van der Waals surface area (Å²) < 4.78 is 10.7. The molecule has 0 aromatic carbocycles. The molecular weight excluding hydrogens is 204 g/mol. The molecule has 0 aliphatic carbocycles. The highest BCUT2D eigenvalue weighted by molar-refractivity contribution is 6.28. The van der Waals surface area contributed by atoms with Crippen LogP contribution in [0.5, 0.6) is 5.88 Å². The van der Waals surface area contributed by atoms with Crippen LogP contribution in [0.3, 0.4) is 0 Å². The van der Waals surface area contributed by atoms with Crippen LogP contribution < -0.4 is 4.74 Å². The first-order valence-corrected chi connectivity index (χ1v) is 4.91. The van der Waals surface area contributed by atoms with Gasteiger partial charge in [0.15, 0.2) is 0 Å². The molecule has 0 saturated carbocycles. The monoisotopic (exact) mass is 214 g/mol. The van der Waals surface area contributed by atoms with Crippen LogP contribution in [0.15, 0.2) is 12.3 Å². The number of hydrogen-bond acceptors (Lipinski definition) is 4. The van der Waals surface area contributed by atoms with Gasteiger partial charge in [-0.25, -0.2) is 4.98 Å². The summed E-state index contributed by atoms with van der Waals surface area (Å²) in [6.45, 7) is 2.24. The van der Waals surface area contributed by atoms with Crippen LogP contribution in [0.2, 0.25) is 5.28 Å². The van der Waals surface area contributed by atoms with Gasteiger partial charge in [-0.3, -0.25) is 0 Å². The first-order chi connectivity index (χ1) is 6.84. The molecular formula is C9H11ClN2O2. The van der Waals surface area contributed by atoms with Crippen LogP contribution in [0, 0.1) is 5.92 Å². The average Bonchev–Trinajstić information content (AvgIpc) is 2.67. The normalized spacial score (nSPS) is 21.1. The van der Waals surface area contributed by atoms with Gasteiger partial charge in [0.25, 0.3) is 0 Å². The Morgan fingerprint density at radius 2 is 2.57 bits per heavy atom. The van der Waals surface area contributed by atoms with E-state index in [1.54, 1.807) is 12.3 Å². The topological polar surface area (TPSA) is 44.2 Å². The molecule has 1 aliphatic heterocycles. The van der Waals surface area contributed by atoms with Crippen molar-refractivity contribution in [1.29, 1.82) is 0 Å². The molecule has 0 amide bonds. The molecule has 0 N–H and O–H groups in total. The van der Waals surface area contributed by atoms with Gasteiger partial charge >= 0.3 is 0 Å². The first-order valence-electron chi connectivity index (χ1n) is 4.53. The van der Waals surface area contributed by atoms with Gasteiger partial charge in [-0.05, 0) is 18.0 Å². The van der Waals surface area contributed by atoms with Crippen LogP contribution in [0.4, 0.5) is 0 Å². The van der Waals surface area contributed by atoms with E-state index in [0.29, 0.717) is 18.4 Å². The summed E-state index contributed by atoms with van der Waals surface area (Å²) in [5, 5.41) is 0.213. The van der Waals surface area contributed by atoms with Crippen molar-refractivity contribution in [2.75, 3.05) is 19.8 Å². The minimum absolute atomic E-state index is 0.213. The predicted molar refractivity (Wildman–Crippen MR) is 51.5 cm³/mol. The van der Waals surface area contributed by atoms with Crippen LogP contribution in [-0.2, 0) is 4.74 Å². The quantitative estimate of drug-likeness (QED) is 0.716. The van der Waals surface area contributed by atoms with Crippen molar-refractivity contribution in [3.63, 3.8) is 0 Å². The maximum atomic E-state index is 5.61. The molecule has 0 unspecified atom stereocenters. The Kier molecular flexibility index (Phi) is 3.16. The summed E-state index contributed by atoms with van der Waals surface area (Å²) in [5.41, 5.74) is 0. The highest BCUT2D eigenvalue weighted by atomic mass is 35.5. The van der Waals surface area contributed by atoms with E-state index in [1.165, 1.54) is 0 Å². The largest absolute Gasteiger partial charge is 0.477 e. The maximum Gasteiger partial charge on any atom is 0.225 e. The molecule has 4 nitrogen and oxygen atoms in total. The van der Waals surface area contributed by atoms with Crippen molar-refractivity contribution in [2.24, 2.45) is 5.92 Å². The molecule has 1 atom stereocenters. The number of halogens is 1. The van der Waals surface area contributed by atoms with Crippen molar-refractivity contribution in [3.8, 4) is 5.88 Å². The summed E-state index contributed by atoms with van der Waals surface area (Å²) in [7, 11) is 0. The van der Waals surface area contributed by atoms with Crippen LogP contribution >= 0.6 is 11.6 Å². The zero-order chi connectivity index (χ0) is 9.80. The molecule has 1 saturated heterocycles. The predicted octanol–water partition coefficient (Wildman–Crippen LogP) is 1.55. The zero-order valence-electron chi connectivity index (χ0n) is 7.65. The Morgan fingerprint density at radius 1 is 1.64 bits per heavy atom. The van der Waals surface area contributed by atoms with Crippen molar-refractivity contribution in [1.82, 2.24) is 9.97 Å². The third kappa shape index (κ3) is 2.56. The Bertz CT molecular complexity index is 303. The molecule has 0 bridgehead atoms. The number of rotatable bonds is 3. The van der Waals surface area contributed by atoms with Gasteiger partial charge in [-0.1, -0.05) is 0 Å². The Morgan fingerprint density at radius 3 is 3.29 bits per heavy atom. The Labute approximate surface area is 87.2 Å². The molecule has 76 valence electrons. The third-order valence-corrected chi connectivity index (χ3v) is 2.27. The summed E-state index contributed by atoms with van der Waals surface area (Å²) in [5.74, 6) is 1.00. The van der Waals surface area contributed by atoms with Gasteiger partial charge in [0.1, 0.15) is 0 Å². The van der Waals surface area contributed by atoms with E-state index in [9.17, 15) is 0 Å². The van der Waals surface area contributed by atoms with Crippen molar-refractivity contribution >= 4 is 11.6 Å². The molecule has 1 aromatic heterocycles. The van der Waals surface area contributed by atoms with Gasteiger partial charge in [0.05, 0.1) is 13.2 Å². The highest BCUT2D eigenvalue weighted by Crippen LogP contribution is 2.15. The van der Waals surface area contributed by atoms with Gasteiger partial charge in [0.2, 0.25) is 11.2 Å². The van der Waals surface area contributed by atoms with Crippen LogP contribution in [-0.4, -0.2) is 29.8 Å². The van der Waals surface area contributed by atoms with E-state index in [-0.39, 0.29) is 5.28 Å². The summed E-state index contributed by atoms with van der Waals surface area (Å²) in [4.78, 5) is 7.69. The van der Waals surface area contributed by atoms with E-state index in [1.807, 2.05) is 0 Å². The zero-order valence-corrected chi connectivity index (χ0v) is 8.41. The molecule has 2 rings (SSSR count). The smallest absolute Gasteiger partial charge is 0.225 e. The lowest BCUT2D eigenvalue weighted by Crippen LogP contribution is -2.12. The first kappa shape index (κ1) is 9.68. The van der Waals surface area contributed by atoms with Crippen molar-refractivity contribution < 1.29 is 9.47 Å². The molecule has 14 heavy (non-hydrogen) atoms. The molecule has 0 radical (unpaired) electrons. The molecule has 1 aliphatic rings. The van der Waals surface area contributed by atoms with Crippen LogP contribution in [0.1, 0.15) is 6.42 Å². The molecule has 0 spiro atoms. The minimum atomic E-state index is 0.213. The number of nitrogens with zero attached hydrogens (tertiary/aromatic N) is 2. The van der Waals surface area contributed by atoms with Gasteiger partial charge in [0, 0.05) is 24.8 Å². The second-order valence-electron chi connectivity index (χ2n) is 3.20. The second-order valence-corrected chi connectivity index (χ2v) is 3.54. The van der Waals surface area contributed by atoms with Gasteiger partial charge in [-0.15, -0.1) is 0 Å². The summed E-state index contributed by atoms with van der Waals surface area (Å²) in [6, 6.07) is 1.70. The fraction of sp³-hybridized carbons (Fsp3) is 0.556. The molecule has 1 fully saturated rings. The Balaban J connectivity index is 1.85. The molecule has 1 aromatic rings. The lowest BCUT2D eigenvalue weighted by atomic mass is 10.1. The van der Waals surface area contributed by atoms with E-state index in [2.05, 4.69) is 9.97 Å². The second kappa shape index (κ2) is 4.57. The van der Waals surface area contributed by atoms with E-state index >= 15 is 0 Å². The third-order valence-electron chi connectivity index (χ3n) is 2.09. The lowest BCUT2D eigenvalue weighted by molar-refractivity contribution is 0.165. The fourth-order valence-electron chi connectivity index (χ4n) is 1.32. The lowest BCUT2D eigenvalue weighted by Gasteiger charge is -2.08. The number of hydrogen-bond donors (Lipinski definition) is 0. The van der Waals surface area contributed by atoms with Crippen molar-refractivity contribution in [3.05, 3.63) is 17.5 Å². The van der Waals surface area contributed by atoms with E-state index < -0.39 is 0 Å². The van der Waals surface area contributed by atoms with Crippen molar-refractivity contribution in [2.45, 2.75) is 6.42 Å². The standard InChI is InChI=1S/C9H11ClN2O2/c10-9-11-3-1-8(12-9)14-6-7-2-4-13-5-7/h1,3,7H,2,4-6H2/t7-/m0/s1. The molecule has 5 heteroatoms. The maximum absolute atomic E-state index is 5.61. The molecule has 2 heterocycles. The Hall–Kier alpha value is -0.870. The summed E-state index contributed by atoms with van der Waals surface area (Å²) >= 11 is 5.61.